The molecule has 5 heteroatoms. The SMILES string of the molecule is C=NC(=CN(C)C(=O)N(C)C12CC3CC(CC(C3)C1)C2)c1cccc(-c2cccnc2)c1. The fraction of sp³-hybridized carbons (Fsp3) is 0.444. The van der Waals surface area contributed by atoms with Crippen LogP contribution in [0.2, 0.25) is 0 Å². The van der Waals surface area contributed by atoms with Gasteiger partial charge in [0.05, 0.1) is 5.70 Å². The maximum absolute atomic E-state index is 13.5. The monoisotopic (exact) mass is 428 g/mol. The number of rotatable bonds is 5. The third-order valence-corrected chi connectivity index (χ3v) is 7.95. The van der Waals surface area contributed by atoms with E-state index >= 15 is 0 Å². The molecule has 4 aliphatic carbocycles. The van der Waals surface area contributed by atoms with Crippen LogP contribution in [0.3, 0.4) is 0 Å². The molecule has 4 bridgehead atoms. The van der Waals surface area contributed by atoms with Crippen LogP contribution in [0, 0.1) is 17.8 Å². The average molecular weight is 429 g/mol. The maximum Gasteiger partial charge on any atom is 0.324 e. The standard InChI is InChI=1S/C27H32N4O/c1-28-25(23-7-4-6-22(13-23)24-8-5-9-29-17-24)18-30(2)26(32)31(3)27-14-19-10-20(15-27)12-21(11-19)16-27/h4-9,13,17-21H,1,10-12,14-16H2,2-3H3. The Hall–Kier alpha value is -2.95. The molecule has 1 heterocycles. The van der Waals surface area contributed by atoms with Gasteiger partial charge in [0.25, 0.3) is 0 Å². The number of carbonyl (C=O) groups excluding carboxylic acids is 1. The van der Waals surface area contributed by atoms with E-state index in [9.17, 15) is 4.79 Å². The first-order chi connectivity index (χ1) is 15.5. The number of hydrogen-bond acceptors (Lipinski definition) is 3. The Morgan fingerprint density at radius 2 is 1.72 bits per heavy atom. The van der Waals surface area contributed by atoms with Crippen molar-refractivity contribution in [3.05, 3.63) is 60.6 Å². The average Bonchev–Trinajstić information content (AvgIpc) is 2.81. The van der Waals surface area contributed by atoms with Crippen LogP contribution in [0.25, 0.3) is 16.8 Å². The zero-order valence-electron chi connectivity index (χ0n) is 19.1. The van der Waals surface area contributed by atoms with Crippen molar-refractivity contribution in [1.29, 1.82) is 0 Å². The Bertz CT molecular complexity index is 1010. The van der Waals surface area contributed by atoms with Gasteiger partial charge in [-0.25, -0.2) is 4.79 Å². The van der Waals surface area contributed by atoms with Crippen LogP contribution >= 0.6 is 0 Å². The van der Waals surface area contributed by atoms with Crippen molar-refractivity contribution in [3.63, 3.8) is 0 Å². The Kier molecular flexibility index (Phi) is 5.36. The van der Waals surface area contributed by atoms with Crippen LogP contribution in [0.5, 0.6) is 0 Å². The van der Waals surface area contributed by atoms with Crippen molar-refractivity contribution in [2.24, 2.45) is 22.7 Å². The molecule has 4 aliphatic rings. The van der Waals surface area contributed by atoms with Gasteiger partial charge < -0.3 is 9.80 Å². The molecule has 32 heavy (non-hydrogen) atoms. The van der Waals surface area contributed by atoms with Gasteiger partial charge in [0.15, 0.2) is 0 Å². The van der Waals surface area contributed by atoms with Gasteiger partial charge in [0.2, 0.25) is 0 Å². The first-order valence-electron chi connectivity index (χ1n) is 11.7. The summed E-state index contributed by atoms with van der Waals surface area (Å²) in [6.07, 6.45) is 13.0. The van der Waals surface area contributed by atoms with Gasteiger partial charge in [-0.15, -0.1) is 0 Å². The second-order valence-electron chi connectivity index (χ2n) is 10.1. The summed E-state index contributed by atoms with van der Waals surface area (Å²) in [5.74, 6) is 2.41. The van der Waals surface area contributed by atoms with E-state index in [0.29, 0.717) is 5.70 Å². The Morgan fingerprint density at radius 1 is 1.06 bits per heavy atom. The molecule has 5 nitrogen and oxygen atoms in total. The molecule has 1 aromatic carbocycles. The summed E-state index contributed by atoms with van der Waals surface area (Å²) < 4.78 is 0. The molecule has 1 aromatic heterocycles. The van der Waals surface area contributed by atoms with E-state index in [0.717, 1.165) is 34.4 Å². The predicted molar refractivity (Wildman–Crippen MR) is 129 cm³/mol. The Balaban J connectivity index is 1.37. The minimum atomic E-state index is 0.0376. The van der Waals surface area contributed by atoms with Crippen molar-refractivity contribution in [2.45, 2.75) is 44.1 Å². The molecule has 166 valence electrons. The van der Waals surface area contributed by atoms with Gasteiger partial charge in [0, 0.05) is 49.4 Å². The number of aromatic nitrogens is 1. The highest BCUT2D eigenvalue weighted by Crippen LogP contribution is 2.57. The predicted octanol–water partition coefficient (Wildman–Crippen LogP) is 5.70. The zero-order valence-corrected chi connectivity index (χ0v) is 19.1. The van der Waals surface area contributed by atoms with Crippen molar-refractivity contribution < 1.29 is 4.79 Å². The molecule has 0 spiro atoms. The van der Waals surface area contributed by atoms with Gasteiger partial charge in [-0.2, -0.15) is 0 Å². The Morgan fingerprint density at radius 3 is 2.31 bits per heavy atom. The maximum atomic E-state index is 13.5. The molecule has 0 radical (unpaired) electrons. The summed E-state index contributed by atoms with van der Waals surface area (Å²) in [6.45, 7) is 3.77. The molecule has 0 aliphatic heterocycles. The number of aliphatic imine (C=N–C) groups is 1. The van der Waals surface area contributed by atoms with Crippen LogP contribution in [0.15, 0.2) is 60.0 Å². The van der Waals surface area contributed by atoms with Gasteiger partial charge in [-0.05, 0) is 80.7 Å². The lowest BCUT2D eigenvalue weighted by molar-refractivity contribution is -0.0646. The van der Waals surface area contributed by atoms with Crippen molar-refractivity contribution in [3.8, 4) is 11.1 Å². The fourth-order valence-corrected chi connectivity index (χ4v) is 6.75. The second-order valence-corrected chi connectivity index (χ2v) is 10.1. The van der Waals surface area contributed by atoms with Crippen molar-refractivity contribution >= 4 is 18.4 Å². The lowest BCUT2D eigenvalue weighted by Gasteiger charge is -2.59. The van der Waals surface area contributed by atoms with Gasteiger partial charge in [0.1, 0.15) is 0 Å². The molecule has 4 fully saturated rings. The fourth-order valence-electron chi connectivity index (χ4n) is 6.75. The molecule has 2 amide bonds. The van der Waals surface area contributed by atoms with E-state index in [-0.39, 0.29) is 11.6 Å². The van der Waals surface area contributed by atoms with Crippen molar-refractivity contribution in [1.82, 2.24) is 14.8 Å². The minimum absolute atomic E-state index is 0.0376. The second kappa shape index (κ2) is 8.19. The molecule has 0 atom stereocenters. The highest BCUT2D eigenvalue weighted by atomic mass is 16.2. The van der Waals surface area contributed by atoms with E-state index in [1.165, 1.54) is 38.5 Å². The quantitative estimate of drug-likeness (QED) is 0.574. The van der Waals surface area contributed by atoms with E-state index in [1.807, 2.05) is 55.7 Å². The first kappa shape index (κ1) is 20.9. The first-order valence-corrected chi connectivity index (χ1v) is 11.7. The lowest BCUT2D eigenvalue weighted by Crippen LogP contribution is -2.61. The minimum Gasteiger partial charge on any atom is -0.322 e. The van der Waals surface area contributed by atoms with E-state index < -0.39 is 0 Å². The molecular weight excluding hydrogens is 396 g/mol. The number of benzene rings is 1. The third kappa shape index (κ3) is 3.74. The molecule has 2 aromatic rings. The lowest BCUT2D eigenvalue weighted by atomic mass is 9.52. The number of hydrogen-bond donors (Lipinski definition) is 0. The highest BCUT2D eigenvalue weighted by Gasteiger charge is 2.54. The Labute approximate surface area is 190 Å². The molecule has 0 saturated heterocycles. The summed E-state index contributed by atoms with van der Waals surface area (Å²) in [4.78, 5) is 25.7. The van der Waals surface area contributed by atoms with Crippen LogP contribution in [-0.2, 0) is 0 Å². The summed E-state index contributed by atoms with van der Waals surface area (Å²) in [6, 6.07) is 12.1. The number of carbonyl (C=O) groups is 1. The molecule has 4 saturated carbocycles. The highest BCUT2D eigenvalue weighted by molar-refractivity contribution is 5.80. The number of nitrogens with zero attached hydrogens (tertiary/aromatic N) is 4. The summed E-state index contributed by atoms with van der Waals surface area (Å²) >= 11 is 0. The molecule has 6 rings (SSSR count). The molecule has 0 unspecified atom stereocenters. The summed E-state index contributed by atoms with van der Waals surface area (Å²) in [7, 11) is 3.83. The largest absolute Gasteiger partial charge is 0.324 e. The van der Waals surface area contributed by atoms with Gasteiger partial charge >= 0.3 is 6.03 Å². The normalized spacial score (nSPS) is 28.4. The summed E-state index contributed by atoms with van der Waals surface area (Å²) in [5.41, 5.74) is 3.76. The van der Waals surface area contributed by atoms with Crippen LogP contribution in [0.4, 0.5) is 4.79 Å². The van der Waals surface area contributed by atoms with Crippen LogP contribution in [0.1, 0.15) is 44.1 Å². The van der Waals surface area contributed by atoms with E-state index in [1.54, 1.807) is 11.1 Å². The smallest absolute Gasteiger partial charge is 0.322 e. The number of amides is 2. The van der Waals surface area contributed by atoms with E-state index in [4.69, 9.17) is 0 Å². The summed E-state index contributed by atoms with van der Waals surface area (Å²) in [5, 5.41) is 0. The van der Waals surface area contributed by atoms with Crippen LogP contribution in [-0.4, -0.2) is 47.2 Å². The number of pyridine rings is 1. The topological polar surface area (TPSA) is 48.8 Å². The zero-order chi connectivity index (χ0) is 22.3. The van der Waals surface area contributed by atoms with Gasteiger partial charge in [-0.3, -0.25) is 9.98 Å². The van der Waals surface area contributed by atoms with Gasteiger partial charge in [-0.1, -0.05) is 24.3 Å². The molecule has 0 N–H and O–H groups in total. The molecular formula is C27H32N4O. The third-order valence-electron chi connectivity index (χ3n) is 7.95. The van der Waals surface area contributed by atoms with E-state index in [2.05, 4.69) is 28.8 Å². The van der Waals surface area contributed by atoms with Crippen LogP contribution < -0.4 is 0 Å². The number of urea groups is 1. The van der Waals surface area contributed by atoms with Crippen molar-refractivity contribution in [2.75, 3.05) is 14.1 Å².